The lowest BCUT2D eigenvalue weighted by molar-refractivity contribution is -0.145. The SMILES string of the molecule is COC(=O)CCC(=O)N[C@H](CCCC#N)C(=O)OC. The number of nitrogens with zero attached hydrogens (tertiary/aromatic N) is 1. The van der Waals surface area contributed by atoms with E-state index in [1.807, 2.05) is 6.07 Å². The number of amides is 1. The van der Waals surface area contributed by atoms with Gasteiger partial charge in [0.05, 0.1) is 26.7 Å². The third-order valence-corrected chi connectivity index (χ3v) is 2.39. The van der Waals surface area contributed by atoms with Gasteiger partial charge in [0.25, 0.3) is 0 Å². The summed E-state index contributed by atoms with van der Waals surface area (Å²) in [6.07, 6.45) is 0.996. The van der Waals surface area contributed by atoms with Crippen molar-refractivity contribution in [2.75, 3.05) is 14.2 Å². The van der Waals surface area contributed by atoms with E-state index < -0.39 is 23.9 Å². The molecule has 0 aliphatic heterocycles. The number of unbranched alkanes of at least 4 members (excludes halogenated alkanes) is 1. The Labute approximate surface area is 111 Å². The number of esters is 2. The first kappa shape index (κ1) is 16.9. The van der Waals surface area contributed by atoms with E-state index in [1.54, 1.807) is 0 Å². The fourth-order valence-electron chi connectivity index (χ4n) is 1.36. The summed E-state index contributed by atoms with van der Waals surface area (Å²) in [4.78, 5) is 33.8. The maximum atomic E-state index is 11.5. The molecule has 0 spiro atoms. The molecule has 0 rings (SSSR count). The average Bonchev–Trinajstić information content (AvgIpc) is 2.42. The molecule has 1 amide bonds. The van der Waals surface area contributed by atoms with Crippen LogP contribution in [0.5, 0.6) is 0 Å². The zero-order chi connectivity index (χ0) is 14.7. The number of nitriles is 1. The van der Waals surface area contributed by atoms with Gasteiger partial charge in [-0.3, -0.25) is 9.59 Å². The van der Waals surface area contributed by atoms with Crippen LogP contribution < -0.4 is 5.32 Å². The Kier molecular flexibility index (Phi) is 8.79. The lowest BCUT2D eigenvalue weighted by atomic mass is 10.1. The van der Waals surface area contributed by atoms with Gasteiger partial charge in [-0.2, -0.15) is 5.26 Å². The highest BCUT2D eigenvalue weighted by molar-refractivity contribution is 5.86. The minimum absolute atomic E-state index is 0.0472. The molecule has 0 radical (unpaired) electrons. The molecule has 0 unspecified atom stereocenters. The van der Waals surface area contributed by atoms with Crippen molar-refractivity contribution in [3.8, 4) is 6.07 Å². The lowest BCUT2D eigenvalue weighted by Crippen LogP contribution is -2.41. The van der Waals surface area contributed by atoms with Crippen LogP contribution >= 0.6 is 0 Å². The van der Waals surface area contributed by atoms with E-state index in [-0.39, 0.29) is 12.8 Å². The first-order valence-corrected chi connectivity index (χ1v) is 5.86. The Morgan fingerprint density at radius 3 is 2.42 bits per heavy atom. The number of nitrogens with one attached hydrogen (secondary N) is 1. The number of ether oxygens (including phenoxy) is 2. The molecule has 0 saturated heterocycles. The molecule has 7 nitrogen and oxygen atoms in total. The third kappa shape index (κ3) is 7.76. The van der Waals surface area contributed by atoms with Crippen LogP contribution in [0.1, 0.15) is 32.1 Å². The number of hydrogen-bond acceptors (Lipinski definition) is 6. The minimum atomic E-state index is -0.788. The fourth-order valence-corrected chi connectivity index (χ4v) is 1.36. The molecule has 19 heavy (non-hydrogen) atoms. The van der Waals surface area contributed by atoms with Crippen molar-refractivity contribution >= 4 is 17.8 Å². The van der Waals surface area contributed by atoms with Crippen LogP contribution in [0.25, 0.3) is 0 Å². The number of methoxy groups -OCH3 is 2. The van der Waals surface area contributed by atoms with Gasteiger partial charge < -0.3 is 14.8 Å². The Hall–Kier alpha value is -2.10. The Morgan fingerprint density at radius 2 is 1.89 bits per heavy atom. The van der Waals surface area contributed by atoms with Gasteiger partial charge in [0, 0.05) is 12.8 Å². The van der Waals surface area contributed by atoms with Crippen LogP contribution in [0.15, 0.2) is 0 Å². The van der Waals surface area contributed by atoms with Gasteiger partial charge in [-0.25, -0.2) is 4.79 Å². The second-order valence-corrected chi connectivity index (χ2v) is 3.77. The molecule has 0 saturated carbocycles. The van der Waals surface area contributed by atoms with E-state index in [0.29, 0.717) is 19.3 Å². The van der Waals surface area contributed by atoms with Gasteiger partial charge in [-0.1, -0.05) is 0 Å². The number of hydrogen-bond donors (Lipinski definition) is 1. The molecule has 0 aliphatic carbocycles. The summed E-state index contributed by atoms with van der Waals surface area (Å²) in [5, 5.41) is 10.9. The van der Waals surface area contributed by atoms with Crippen LogP contribution in [0.2, 0.25) is 0 Å². The van der Waals surface area contributed by atoms with Gasteiger partial charge >= 0.3 is 11.9 Å². The smallest absolute Gasteiger partial charge is 0.328 e. The van der Waals surface area contributed by atoms with Crippen molar-refractivity contribution in [2.24, 2.45) is 0 Å². The summed E-state index contributed by atoms with van der Waals surface area (Å²) >= 11 is 0. The predicted molar refractivity (Wildman–Crippen MR) is 64.7 cm³/mol. The summed E-state index contributed by atoms with van der Waals surface area (Å²) in [6, 6.07) is 1.17. The highest BCUT2D eigenvalue weighted by Crippen LogP contribution is 2.03. The molecule has 0 aromatic heterocycles. The molecule has 0 bridgehead atoms. The van der Waals surface area contributed by atoms with Crippen LogP contribution in [0, 0.1) is 11.3 Å². The zero-order valence-electron chi connectivity index (χ0n) is 11.1. The van der Waals surface area contributed by atoms with Crippen molar-refractivity contribution in [1.82, 2.24) is 5.32 Å². The standard InChI is InChI=1S/C12H18N2O5/c1-18-11(16)7-6-10(15)14-9(12(17)19-2)5-3-4-8-13/h9H,3-7H2,1-2H3,(H,14,15)/t9-/m1/s1. The molecular formula is C12H18N2O5. The van der Waals surface area contributed by atoms with Crippen LogP contribution in [-0.4, -0.2) is 38.1 Å². The normalized spacial score (nSPS) is 11.0. The van der Waals surface area contributed by atoms with Crippen molar-refractivity contribution < 1.29 is 23.9 Å². The van der Waals surface area contributed by atoms with Crippen LogP contribution in [0.3, 0.4) is 0 Å². The fraction of sp³-hybridized carbons (Fsp3) is 0.667. The van der Waals surface area contributed by atoms with Crippen molar-refractivity contribution in [1.29, 1.82) is 5.26 Å². The van der Waals surface area contributed by atoms with Gasteiger partial charge in [0.15, 0.2) is 0 Å². The molecule has 0 aliphatic rings. The number of rotatable bonds is 8. The van der Waals surface area contributed by atoms with Crippen molar-refractivity contribution in [2.45, 2.75) is 38.1 Å². The van der Waals surface area contributed by atoms with Gasteiger partial charge in [0.1, 0.15) is 6.04 Å². The highest BCUT2D eigenvalue weighted by atomic mass is 16.5. The second-order valence-electron chi connectivity index (χ2n) is 3.77. The Morgan fingerprint density at radius 1 is 1.21 bits per heavy atom. The van der Waals surface area contributed by atoms with Gasteiger partial charge in [0.2, 0.25) is 5.91 Å². The molecule has 1 N–H and O–H groups in total. The molecule has 0 heterocycles. The average molecular weight is 270 g/mol. The quantitative estimate of drug-likeness (QED) is 0.502. The largest absolute Gasteiger partial charge is 0.469 e. The summed E-state index contributed by atoms with van der Waals surface area (Å²) in [7, 11) is 2.46. The number of carbonyl (C=O) groups is 3. The van der Waals surface area contributed by atoms with Gasteiger partial charge in [-0.05, 0) is 12.8 Å². The van der Waals surface area contributed by atoms with Crippen LogP contribution in [-0.2, 0) is 23.9 Å². The maximum Gasteiger partial charge on any atom is 0.328 e. The van der Waals surface area contributed by atoms with E-state index in [1.165, 1.54) is 14.2 Å². The van der Waals surface area contributed by atoms with E-state index in [4.69, 9.17) is 5.26 Å². The topological polar surface area (TPSA) is 105 Å². The Bertz CT molecular complexity index is 362. The third-order valence-electron chi connectivity index (χ3n) is 2.39. The molecule has 0 fully saturated rings. The molecule has 0 aromatic carbocycles. The zero-order valence-corrected chi connectivity index (χ0v) is 11.1. The predicted octanol–water partition coefficient (Wildman–Crippen LogP) is 0.291. The second kappa shape index (κ2) is 9.88. The monoisotopic (exact) mass is 270 g/mol. The minimum Gasteiger partial charge on any atom is -0.469 e. The summed E-state index contributed by atoms with van der Waals surface area (Å²) in [6.45, 7) is 0. The Balaban J connectivity index is 4.23. The van der Waals surface area contributed by atoms with Crippen LogP contribution in [0.4, 0.5) is 0 Å². The maximum absolute atomic E-state index is 11.5. The molecule has 0 aromatic rings. The molecule has 1 atom stereocenters. The lowest BCUT2D eigenvalue weighted by Gasteiger charge is -2.15. The van der Waals surface area contributed by atoms with E-state index in [2.05, 4.69) is 14.8 Å². The molecule has 106 valence electrons. The van der Waals surface area contributed by atoms with E-state index in [9.17, 15) is 14.4 Å². The van der Waals surface area contributed by atoms with Gasteiger partial charge in [-0.15, -0.1) is 0 Å². The first-order chi connectivity index (χ1) is 9.04. The highest BCUT2D eigenvalue weighted by Gasteiger charge is 2.21. The van der Waals surface area contributed by atoms with E-state index >= 15 is 0 Å². The van der Waals surface area contributed by atoms with Crippen molar-refractivity contribution in [3.63, 3.8) is 0 Å². The molecular weight excluding hydrogens is 252 g/mol. The summed E-state index contributed by atoms with van der Waals surface area (Å²) in [5.74, 6) is -1.49. The summed E-state index contributed by atoms with van der Waals surface area (Å²) in [5.41, 5.74) is 0. The summed E-state index contributed by atoms with van der Waals surface area (Å²) < 4.78 is 8.97. The molecule has 7 heteroatoms. The first-order valence-electron chi connectivity index (χ1n) is 5.86. The van der Waals surface area contributed by atoms with E-state index in [0.717, 1.165) is 0 Å². The number of carbonyl (C=O) groups excluding carboxylic acids is 3. The van der Waals surface area contributed by atoms with Crippen molar-refractivity contribution in [3.05, 3.63) is 0 Å².